The molecule has 1 fully saturated rings. The van der Waals surface area contributed by atoms with E-state index in [-0.39, 0.29) is 29.0 Å². The molecule has 0 aromatic heterocycles. The van der Waals surface area contributed by atoms with Crippen LogP contribution >= 0.6 is 0 Å². The summed E-state index contributed by atoms with van der Waals surface area (Å²) in [6.07, 6.45) is 2.63. The lowest BCUT2D eigenvalue weighted by molar-refractivity contribution is -0.117. The van der Waals surface area contributed by atoms with E-state index < -0.39 is 10.0 Å². The van der Waals surface area contributed by atoms with E-state index in [0.29, 0.717) is 30.9 Å². The van der Waals surface area contributed by atoms with Gasteiger partial charge in [0.2, 0.25) is 21.8 Å². The van der Waals surface area contributed by atoms with Gasteiger partial charge in [-0.15, -0.1) is 0 Å². The lowest BCUT2D eigenvalue weighted by Gasteiger charge is -2.18. The average Bonchev–Trinajstić information content (AvgIpc) is 3.61. The van der Waals surface area contributed by atoms with Crippen molar-refractivity contribution in [2.45, 2.75) is 51.3 Å². The maximum Gasteiger partial charge on any atom is 0.243 e. The first kappa shape index (κ1) is 23.9. The van der Waals surface area contributed by atoms with Gasteiger partial charge >= 0.3 is 0 Å². The van der Waals surface area contributed by atoms with Crippen LogP contribution in [0.4, 0.5) is 11.4 Å². The van der Waals surface area contributed by atoms with Crippen molar-refractivity contribution in [3.8, 4) is 0 Å². The third-order valence-corrected chi connectivity index (χ3v) is 7.70. The fourth-order valence-corrected chi connectivity index (χ4v) is 4.89. The van der Waals surface area contributed by atoms with Crippen molar-refractivity contribution < 1.29 is 18.0 Å². The summed E-state index contributed by atoms with van der Waals surface area (Å²) >= 11 is 0. The van der Waals surface area contributed by atoms with Gasteiger partial charge in [0.05, 0.1) is 4.90 Å². The number of hydrogen-bond acceptors (Lipinski definition) is 4. The highest BCUT2D eigenvalue weighted by atomic mass is 32.2. The minimum Gasteiger partial charge on any atom is -0.326 e. The maximum absolute atomic E-state index is 12.6. The molecule has 8 heteroatoms. The van der Waals surface area contributed by atoms with Crippen LogP contribution in [0.2, 0.25) is 0 Å². The topological polar surface area (TPSA) is 95.6 Å². The van der Waals surface area contributed by atoms with Gasteiger partial charge in [0.25, 0.3) is 0 Å². The molecule has 2 N–H and O–H groups in total. The Morgan fingerprint density at radius 3 is 2.25 bits per heavy atom. The highest BCUT2D eigenvalue weighted by molar-refractivity contribution is 7.89. The predicted molar refractivity (Wildman–Crippen MR) is 126 cm³/mol. The smallest absolute Gasteiger partial charge is 0.243 e. The summed E-state index contributed by atoms with van der Waals surface area (Å²) in [5, 5.41) is 5.81. The van der Waals surface area contributed by atoms with E-state index in [1.165, 1.54) is 4.31 Å². The number of nitrogens with zero attached hydrogens (tertiary/aromatic N) is 1. The second-order valence-electron chi connectivity index (χ2n) is 8.07. The molecule has 0 unspecified atom stereocenters. The monoisotopic (exact) mass is 457 g/mol. The molecule has 7 nitrogen and oxygen atoms in total. The fourth-order valence-electron chi connectivity index (χ4n) is 3.44. The lowest BCUT2D eigenvalue weighted by Crippen LogP contribution is -2.30. The lowest BCUT2D eigenvalue weighted by atomic mass is 10.1. The Morgan fingerprint density at radius 2 is 1.66 bits per heavy atom. The standard InChI is InChI=1S/C24H31N3O4S/c1-4-27(5-2)32(30,31)21-13-7-18(8-14-21)9-15-23(28)26-22-16-20(12-6-17(22)3)25-24(29)19-10-11-19/h6-8,12-14,16,19H,4-5,9-11,15H2,1-3H3,(H,25,29)(H,26,28). The van der Waals surface area contributed by atoms with Crippen LogP contribution < -0.4 is 10.6 Å². The number of nitrogens with one attached hydrogen (secondary N) is 2. The van der Waals surface area contributed by atoms with E-state index in [1.54, 1.807) is 30.3 Å². The molecule has 0 aliphatic heterocycles. The third-order valence-electron chi connectivity index (χ3n) is 5.63. The number of sulfonamides is 1. The van der Waals surface area contributed by atoms with E-state index in [4.69, 9.17) is 0 Å². The third kappa shape index (κ3) is 5.95. The van der Waals surface area contributed by atoms with Crippen molar-refractivity contribution >= 4 is 33.2 Å². The molecule has 0 spiro atoms. The molecule has 1 aliphatic rings. The molecular weight excluding hydrogens is 426 g/mol. The van der Waals surface area contributed by atoms with Gasteiger partial charge in [0.1, 0.15) is 0 Å². The molecule has 172 valence electrons. The van der Waals surface area contributed by atoms with Crippen LogP contribution in [0.1, 0.15) is 44.2 Å². The predicted octanol–water partition coefficient (Wildman–Crippen LogP) is 3.95. The molecule has 2 aromatic carbocycles. The largest absolute Gasteiger partial charge is 0.326 e. The molecule has 0 atom stereocenters. The Hall–Kier alpha value is -2.71. The van der Waals surface area contributed by atoms with Gasteiger partial charge < -0.3 is 10.6 Å². The number of benzene rings is 2. The zero-order chi connectivity index (χ0) is 23.3. The van der Waals surface area contributed by atoms with Crippen LogP contribution in [0.5, 0.6) is 0 Å². The van der Waals surface area contributed by atoms with Crippen LogP contribution in [-0.2, 0) is 26.0 Å². The molecule has 0 radical (unpaired) electrons. The minimum absolute atomic E-state index is 0.0255. The zero-order valence-electron chi connectivity index (χ0n) is 18.8. The summed E-state index contributed by atoms with van der Waals surface area (Å²) in [6, 6.07) is 12.2. The van der Waals surface area contributed by atoms with Gasteiger partial charge in [-0.1, -0.05) is 32.0 Å². The molecule has 3 rings (SSSR count). The summed E-state index contributed by atoms with van der Waals surface area (Å²) in [5.74, 6) is -0.000989. The van der Waals surface area contributed by atoms with Gasteiger partial charge in [0, 0.05) is 36.8 Å². The normalized spacial score (nSPS) is 13.8. The van der Waals surface area contributed by atoms with Crippen LogP contribution in [0.3, 0.4) is 0 Å². The van der Waals surface area contributed by atoms with Crippen LogP contribution in [0, 0.1) is 12.8 Å². The van der Waals surface area contributed by atoms with Crippen molar-refractivity contribution in [1.82, 2.24) is 4.31 Å². The number of carbonyl (C=O) groups is 2. The molecule has 0 saturated heterocycles. The second-order valence-corrected chi connectivity index (χ2v) is 10.0. The van der Waals surface area contributed by atoms with Crippen molar-refractivity contribution in [3.05, 3.63) is 53.6 Å². The van der Waals surface area contributed by atoms with Crippen molar-refractivity contribution in [2.75, 3.05) is 23.7 Å². The molecular formula is C24H31N3O4S. The molecule has 1 aliphatic carbocycles. The summed E-state index contributed by atoms with van der Waals surface area (Å²) in [4.78, 5) is 24.7. The molecule has 0 heterocycles. The van der Waals surface area contributed by atoms with Crippen LogP contribution in [0.25, 0.3) is 0 Å². The first-order chi connectivity index (χ1) is 15.2. The SMILES string of the molecule is CCN(CC)S(=O)(=O)c1ccc(CCC(=O)Nc2cc(NC(=O)C3CC3)ccc2C)cc1. The van der Waals surface area contributed by atoms with Gasteiger partial charge in [-0.05, 0) is 61.6 Å². The zero-order valence-corrected chi connectivity index (χ0v) is 19.7. The van der Waals surface area contributed by atoms with E-state index in [1.807, 2.05) is 32.9 Å². The first-order valence-electron chi connectivity index (χ1n) is 11.0. The summed E-state index contributed by atoms with van der Waals surface area (Å²) in [7, 11) is -3.48. The Kier molecular flexibility index (Phi) is 7.69. The summed E-state index contributed by atoms with van der Waals surface area (Å²) in [6.45, 7) is 6.37. The van der Waals surface area contributed by atoms with E-state index in [2.05, 4.69) is 10.6 Å². The second kappa shape index (κ2) is 10.3. The molecule has 32 heavy (non-hydrogen) atoms. The van der Waals surface area contributed by atoms with Crippen LogP contribution in [0.15, 0.2) is 47.4 Å². The number of rotatable bonds is 10. The number of carbonyl (C=O) groups excluding carboxylic acids is 2. The van der Waals surface area contributed by atoms with Gasteiger partial charge in [-0.25, -0.2) is 8.42 Å². The first-order valence-corrected chi connectivity index (χ1v) is 12.5. The molecule has 2 amide bonds. The number of aryl methyl sites for hydroxylation is 2. The van der Waals surface area contributed by atoms with Crippen molar-refractivity contribution in [3.63, 3.8) is 0 Å². The van der Waals surface area contributed by atoms with Crippen molar-refractivity contribution in [2.24, 2.45) is 5.92 Å². The summed E-state index contributed by atoms with van der Waals surface area (Å²) < 4.78 is 26.6. The highest BCUT2D eigenvalue weighted by Gasteiger charge is 2.29. The minimum atomic E-state index is -3.48. The van der Waals surface area contributed by atoms with Gasteiger partial charge in [0.15, 0.2) is 0 Å². The summed E-state index contributed by atoms with van der Waals surface area (Å²) in [5.41, 5.74) is 3.15. The number of anilines is 2. The van der Waals surface area contributed by atoms with Gasteiger partial charge in [-0.2, -0.15) is 4.31 Å². The molecule has 1 saturated carbocycles. The number of hydrogen-bond donors (Lipinski definition) is 2. The Bertz CT molecular complexity index is 1070. The van der Waals surface area contributed by atoms with E-state index >= 15 is 0 Å². The van der Waals surface area contributed by atoms with E-state index in [0.717, 1.165) is 24.0 Å². The fraction of sp³-hybridized carbons (Fsp3) is 0.417. The molecule has 0 bridgehead atoms. The van der Waals surface area contributed by atoms with E-state index in [9.17, 15) is 18.0 Å². The molecule has 2 aromatic rings. The maximum atomic E-state index is 12.6. The number of amides is 2. The van der Waals surface area contributed by atoms with Crippen LogP contribution in [-0.4, -0.2) is 37.6 Å². The Balaban J connectivity index is 1.57. The van der Waals surface area contributed by atoms with Gasteiger partial charge in [-0.3, -0.25) is 9.59 Å². The Labute approximate surface area is 190 Å². The highest BCUT2D eigenvalue weighted by Crippen LogP contribution is 2.31. The quantitative estimate of drug-likeness (QED) is 0.565. The average molecular weight is 458 g/mol. The Morgan fingerprint density at radius 1 is 1.00 bits per heavy atom. The van der Waals surface area contributed by atoms with Crippen molar-refractivity contribution in [1.29, 1.82) is 0 Å².